The first-order valence-electron chi connectivity index (χ1n) is 29.3. The van der Waals surface area contributed by atoms with Gasteiger partial charge in [-0.3, -0.25) is 77.2 Å². The predicted octanol–water partition coefficient (Wildman–Crippen LogP) is 10.6. The van der Waals surface area contributed by atoms with Crippen LogP contribution < -0.4 is 0 Å². The van der Waals surface area contributed by atoms with Gasteiger partial charge in [0.2, 0.25) is 5.91 Å². The number of carbonyl (C=O) groups excluding carboxylic acids is 11. The van der Waals surface area contributed by atoms with Gasteiger partial charge in [-0.05, 0) is 139 Å². The van der Waals surface area contributed by atoms with Gasteiger partial charge in [0.15, 0.2) is 0 Å². The van der Waals surface area contributed by atoms with E-state index in [4.69, 9.17) is 44.3 Å². The SMILES string of the molecule is C=CC(=O)N1CCCC1C(C)C.CC(C)C1OC1C(C)(C)C.CC(C)N1C(=O)C(Cl)=C(Cl)C1=O.CC(C)N1C(=O)C=C(Cl)C1=O.CC(C)N1C(=O)C=CC1=O.CC1=C(C)C(=O)N(C(C)C)C1=O.CC1=CC(=O)N(C(C)C)C1=O.CC1OC1C(C)(C)C. The number of likely N-dealkylation sites (tertiary alicyclic amines) is 1. The second-order valence-corrected chi connectivity index (χ2v) is 27.1. The van der Waals surface area contributed by atoms with Crippen LogP contribution in [0.3, 0.4) is 0 Å². The maximum atomic E-state index is 11.4. The van der Waals surface area contributed by atoms with E-state index in [1.165, 1.54) is 39.0 Å². The number of hydrogen-bond donors (Lipinski definition) is 0. The summed E-state index contributed by atoms with van der Waals surface area (Å²) in [5.41, 5.74) is 2.39. The Bertz CT molecular complexity index is 2560. The van der Waals surface area contributed by atoms with Crippen LogP contribution in [-0.2, 0) is 62.2 Å². The Morgan fingerprint density at radius 2 is 0.895 bits per heavy atom. The molecule has 0 aromatic heterocycles. The fourth-order valence-electron chi connectivity index (χ4n) is 9.46. The molecule has 19 nitrogen and oxygen atoms in total. The second-order valence-electron chi connectivity index (χ2n) is 26.0. The number of ether oxygens (including phenoxy) is 2. The van der Waals surface area contributed by atoms with Gasteiger partial charge in [-0.1, -0.05) is 111 Å². The van der Waals surface area contributed by atoms with Gasteiger partial charge < -0.3 is 14.4 Å². The van der Waals surface area contributed by atoms with Crippen LogP contribution in [0.5, 0.6) is 0 Å². The predicted molar refractivity (Wildman–Crippen MR) is 335 cm³/mol. The molecule has 0 spiro atoms. The molecule has 0 N–H and O–H groups in total. The highest BCUT2D eigenvalue weighted by molar-refractivity contribution is 6.58. The molecule has 482 valence electrons. The van der Waals surface area contributed by atoms with Gasteiger partial charge in [0.05, 0.1) is 24.4 Å². The highest BCUT2D eigenvalue weighted by atomic mass is 35.5. The summed E-state index contributed by atoms with van der Waals surface area (Å²) in [4.78, 5) is 130. The highest BCUT2D eigenvalue weighted by Gasteiger charge is 2.48. The minimum absolute atomic E-state index is 0.00343. The molecule has 0 aliphatic carbocycles. The lowest BCUT2D eigenvalue weighted by molar-refractivity contribution is -0.141. The molecule has 5 atom stereocenters. The van der Waals surface area contributed by atoms with Crippen LogP contribution >= 0.6 is 34.8 Å². The molecule has 11 amide bonds. The lowest BCUT2D eigenvalue weighted by Gasteiger charge is -2.26. The monoisotopic (exact) mass is 1260 g/mol. The van der Waals surface area contributed by atoms with Crippen LogP contribution in [0.4, 0.5) is 0 Å². The number of carbonyl (C=O) groups is 11. The Morgan fingerprint density at radius 1 is 0.523 bits per heavy atom. The maximum Gasteiger partial charge on any atom is 0.274 e. The maximum absolute atomic E-state index is 11.4. The zero-order valence-electron chi connectivity index (χ0n) is 55.3. The average Bonchev–Trinajstić information content (AvgIpc) is 3.33. The molecular weight excluding hydrogens is 1170 g/mol. The normalized spacial score (nSPS) is 22.5. The number of imide groups is 5. The first kappa shape index (κ1) is 78.4. The number of rotatable bonds is 8. The topological polar surface area (TPSA) is 232 Å². The fraction of sp³-hybridized carbons (Fsp3) is 0.641. The van der Waals surface area contributed by atoms with Crippen molar-refractivity contribution in [1.82, 2.24) is 29.4 Å². The van der Waals surface area contributed by atoms with Crippen molar-refractivity contribution in [2.24, 2.45) is 22.7 Å². The molecule has 8 rings (SSSR count). The molecule has 0 aromatic rings. The van der Waals surface area contributed by atoms with E-state index >= 15 is 0 Å². The van der Waals surface area contributed by atoms with Gasteiger partial charge in [-0.15, -0.1) is 0 Å². The summed E-state index contributed by atoms with van der Waals surface area (Å²) in [6, 6.07) is -0.0101. The van der Waals surface area contributed by atoms with E-state index < -0.39 is 17.7 Å². The van der Waals surface area contributed by atoms with Crippen molar-refractivity contribution in [2.45, 2.75) is 240 Å². The molecule has 86 heavy (non-hydrogen) atoms. The van der Waals surface area contributed by atoms with E-state index in [-0.39, 0.29) is 92.6 Å². The molecule has 5 unspecified atom stereocenters. The fourth-order valence-corrected chi connectivity index (χ4v) is 9.99. The molecule has 8 aliphatic heterocycles. The van der Waals surface area contributed by atoms with E-state index in [9.17, 15) is 52.7 Å². The summed E-state index contributed by atoms with van der Waals surface area (Å²) < 4.78 is 10.8. The lowest BCUT2D eigenvalue weighted by Crippen LogP contribution is -2.37. The van der Waals surface area contributed by atoms with Crippen LogP contribution in [0, 0.1) is 22.7 Å². The van der Waals surface area contributed by atoms with Gasteiger partial charge in [0, 0.05) is 83.8 Å². The molecule has 3 fully saturated rings. The highest BCUT2D eigenvalue weighted by Crippen LogP contribution is 2.41. The van der Waals surface area contributed by atoms with E-state index in [2.05, 4.69) is 82.7 Å². The smallest absolute Gasteiger partial charge is 0.274 e. The van der Waals surface area contributed by atoms with Crippen LogP contribution in [0.15, 0.2) is 68.8 Å². The number of amides is 11. The van der Waals surface area contributed by atoms with Crippen LogP contribution in [0.2, 0.25) is 0 Å². The first-order chi connectivity index (χ1) is 39.2. The Hall–Kier alpha value is -5.60. The number of epoxide rings is 2. The molecule has 0 saturated carbocycles. The summed E-state index contributed by atoms with van der Waals surface area (Å²) in [5.74, 6) is -1.47. The molecule has 0 aromatic carbocycles. The number of hydrogen-bond acceptors (Lipinski definition) is 13. The molecule has 0 bridgehead atoms. The van der Waals surface area contributed by atoms with E-state index in [0.717, 1.165) is 35.3 Å². The Balaban J connectivity index is 0.000000493. The van der Waals surface area contributed by atoms with Gasteiger partial charge in [-0.2, -0.15) is 0 Å². The minimum atomic E-state index is -0.512. The summed E-state index contributed by atoms with van der Waals surface area (Å²) in [6.45, 7) is 51.6. The van der Waals surface area contributed by atoms with Gasteiger partial charge in [0.25, 0.3) is 59.1 Å². The first-order valence-corrected chi connectivity index (χ1v) is 30.5. The van der Waals surface area contributed by atoms with Crippen LogP contribution in [0.1, 0.15) is 179 Å². The summed E-state index contributed by atoms with van der Waals surface area (Å²) in [6.07, 6.45) is 10.9. The number of nitrogens with zero attached hydrogens (tertiary/aromatic N) is 6. The van der Waals surface area contributed by atoms with Crippen molar-refractivity contribution in [1.29, 1.82) is 0 Å². The third-order valence-electron chi connectivity index (χ3n) is 14.2. The van der Waals surface area contributed by atoms with Crippen molar-refractivity contribution in [3.8, 4) is 0 Å². The molecular formula is C64H97Cl3N6O13. The molecule has 0 radical (unpaired) electrons. The average molecular weight is 1260 g/mol. The molecule has 8 aliphatic rings. The van der Waals surface area contributed by atoms with E-state index in [1.54, 1.807) is 48.5 Å². The summed E-state index contributed by atoms with van der Waals surface area (Å²) >= 11 is 16.4. The molecule has 8 heterocycles. The van der Waals surface area contributed by atoms with Gasteiger partial charge in [0.1, 0.15) is 15.1 Å². The van der Waals surface area contributed by atoms with Crippen molar-refractivity contribution >= 4 is 99.8 Å². The van der Waals surface area contributed by atoms with Crippen LogP contribution in [-0.4, -0.2) is 162 Å². The van der Waals surface area contributed by atoms with Gasteiger partial charge in [-0.25, -0.2) is 0 Å². The van der Waals surface area contributed by atoms with Crippen molar-refractivity contribution < 1.29 is 62.2 Å². The zero-order valence-corrected chi connectivity index (χ0v) is 57.5. The molecule has 22 heteroatoms. The quantitative estimate of drug-likeness (QED) is 0.125. The summed E-state index contributed by atoms with van der Waals surface area (Å²) in [7, 11) is 0. The minimum Gasteiger partial charge on any atom is -0.369 e. The third-order valence-corrected chi connectivity index (χ3v) is 15.3. The van der Waals surface area contributed by atoms with Crippen molar-refractivity contribution in [2.75, 3.05) is 6.54 Å². The third kappa shape index (κ3) is 21.6. The molecule has 3 saturated heterocycles. The summed E-state index contributed by atoms with van der Waals surface area (Å²) in [5, 5.41) is -0.366. The standard InChI is InChI=1S/C10H17NO.C9H13NO2.C9H18O.C8H11NO2.C7H7Cl2NO2.C7H8ClNO2.C7H9NO2.C7H14O/c1-4-10(12)11-7-5-6-9(11)8(2)3;1-5(2)10-8(11)6(3)7(4)9(10)12;1-6(2)7-8(10-7)9(3,4)5;1-5(2)9-7(10)4-6(3)8(9)11;1-3(2)10-6(11)4(8)5(9)7(10)12;1-4(2)9-6(10)3-5(8)7(9)11;1-5(2)8-6(9)3-4-7(8)10;1-5-6(8-5)7(2,3)4/h4,8-9H,1,5-7H2,2-3H3;5H,1-4H3;6-8H,1-5H3;4-5H,1-3H3;3H,1-2H3;3-4H,1-2H3;3-5H,1-2H3;5-6H,1-4H3. The largest absolute Gasteiger partial charge is 0.369 e. The van der Waals surface area contributed by atoms with E-state index in [0.29, 0.717) is 69.8 Å². The van der Waals surface area contributed by atoms with Crippen LogP contribution in [0.25, 0.3) is 0 Å². The second kappa shape index (κ2) is 33.1. The Kier molecular flexibility index (Phi) is 30.2. The van der Waals surface area contributed by atoms with Crippen molar-refractivity contribution in [3.63, 3.8) is 0 Å². The van der Waals surface area contributed by atoms with Gasteiger partial charge >= 0.3 is 0 Å². The Labute approximate surface area is 526 Å². The van der Waals surface area contributed by atoms with Crippen molar-refractivity contribution in [3.05, 3.63) is 68.8 Å². The van der Waals surface area contributed by atoms with E-state index in [1.807, 2.05) is 46.4 Å². The zero-order chi connectivity index (χ0) is 67.3. The lowest BCUT2D eigenvalue weighted by atomic mass is 9.87. The Morgan fingerprint density at radius 3 is 1.09 bits per heavy atom. The number of halogens is 3.